The van der Waals surface area contributed by atoms with Crippen molar-refractivity contribution in [3.8, 4) is 0 Å². The minimum Gasteiger partial charge on any atom is -0.273 e. The van der Waals surface area contributed by atoms with Crippen LogP contribution >= 0.6 is 0 Å². The lowest BCUT2D eigenvalue weighted by Crippen LogP contribution is -2.29. The van der Waals surface area contributed by atoms with Gasteiger partial charge in [0.1, 0.15) is 0 Å². The lowest BCUT2D eigenvalue weighted by molar-refractivity contribution is -0.137. The number of hydrogen-bond donors (Lipinski definition) is 2. The van der Waals surface area contributed by atoms with Crippen LogP contribution in [0.3, 0.4) is 0 Å². The maximum atomic E-state index is 12.8. The molecule has 0 aliphatic carbocycles. The van der Waals surface area contributed by atoms with E-state index >= 15 is 0 Å². The summed E-state index contributed by atoms with van der Waals surface area (Å²) < 4.78 is 39.9. The van der Waals surface area contributed by atoms with Gasteiger partial charge in [-0.25, -0.2) is 5.43 Å². The van der Waals surface area contributed by atoms with Gasteiger partial charge in [0.25, 0.3) is 0 Å². The first kappa shape index (κ1) is 14.5. The van der Waals surface area contributed by atoms with E-state index in [2.05, 4.69) is 10.5 Å². The van der Waals surface area contributed by atoms with Crippen molar-refractivity contribution < 1.29 is 13.2 Å². The van der Waals surface area contributed by atoms with Crippen LogP contribution in [0.5, 0.6) is 0 Å². The van der Waals surface area contributed by atoms with Gasteiger partial charge in [0.05, 0.1) is 17.8 Å². The zero-order valence-corrected chi connectivity index (χ0v) is 11.1. The Kier molecular flexibility index (Phi) is 3.82. The molecule has 0 bridgehead atoms. The minimum atomic E-state index is -4.38. The first-order chi connectivity index (χ1) is 9.34. The molecular weight excluding hydrogens is 269 g/mol. The quantitative estimate of drug-likeness (QED) is 0.671. The Bertz CT molecular complexity index is 604. The molecule has 4 nitrogen and oxygen atoms in total. The Morgan fingerprint density at radius 1 is 1.35 bits per heavy atom. The Labute approximate surface area is 114 Å². The number of benzene rings is 1. The number of aromatic nitrogens is 2. The van der Waals surface area contributed by atoms with Crippen LogP contribution in [-0.4, -0.2) is 9.78 Å². The van der Waals surface area contributed by atoms with Gasteiger partial charge in [0, 0.05) is 18.3 Å². The van der Waals surface area contributed by atoms with Gasteiger partial charge in [0.15, 0.2) is 0 Å². The number of aryl methyl sites for hydroxylation is 1. The number of alkyl halides is 3. The van der Waals surface area contributed by atoms with E-state index in [1.807, 2.05) is 6.92 Å². The highest BCUT2D eigenvalue weighted by Crippen LogP contribution is 2.32. The van der Waals surface area contributed by atoms with Crippen LogP contribution in [0.2, 0.25) is 0 Å². The zero-order valence-electron chi connectivity index (χ0n) is 11.1. The molecule has 1 heterocycles. The van der Waals surface area contributed by atoms with E-state index in [0.717, 1.165) is 23.4 Å². The van der Waals surface area contributed by atoms with E-state index < -0.39 is 17.8 Å². The second-order valence-corrected chi connectivity index (χ2v) is 4.53. The molecular formula is C13H15F3N4. The van der Waals surface area contributed by atoms with Gasteiger partial charge in [0.2, 0.25) is 0 Å². The molecule has 3 N–H and O–H groups in total. The van der Waals surface area contributed by atoms with Crippen molar-refractivity contribution in [1.29, 1.82) is 0 Å². The second-order valence-electron chi connectivity index (χ2n) is 4.53. The van der Waals surface area contributed by atoms with Gasteiger partial charge in [-0.05, 0) is 24.6 Å². The average Bonchev–Trinajstić information content (AvgIpc) is 2.72. The normalized spacial score (nSPS) is 13.5. The maximum Gasteiger partial charge on any atom is 0.416 e. The summed E-state index contributed by atoms with van der Waals surface area (Å²) in [5, 5.41) is 4.08. The molecule has 2 rings (SSSR count). The van der Waals surface area contributed by atoms with Crippen LogP contribution in [0.1, 0.15) is 28.4 Å². The third-order valence-corrected chi connectivity index (χ3v) is 3.30. The van der Waals surface area contributed by atoms with Crippen molar-refractivity contribution in [2.24, 2.45) is 12.9 Å². The largest absolute Gasteiger partial charge is 0.416 e. The summed E-state index contributed by atoms with van der Waals surface area (Å²) in [7, 11) is 1.76. The van der Waals surface area contributed by atoms with Gasteiger partial charge >= 0.3 is 6.18 Å². The summed E-state index contributed by atoms with van der Waals surface area (Å²) in [5.41, 5.74) is 3.88. The predicted octanol–water partition coefficient (Wildman–Crippen LogP) is 2.30. The van der Waals surface area contributed by atoms with Crippen LogP contribution < -0.4 is 11.3 Å². The molecule has 0 saturated heterocycles. The Hall–Kier alpha value is -1.86. The minimum absolute atomic E-state index is 0.443. The topological polar surface area (TPSA) is 55.9 Å². The summed E-state index contributed by atoms with van der Waals surface area (Å²) in [4.78, 5) is 0. The van der Waals surface area contributed by atoms with Crippen molar-refractivity contribution >= 4 is 0 Å². The van der Waals surface area contributed by atoms with Crippen molar-refractivity contribution in [3.05, 3.63) is 52.8 Å². The molecule has 0 aliphatic heterocycles. The Balaban J connectivity index is 2.45. The molecule has 0 aliphatic rings. The smallest absolute Gasteiger partial charge is 0.273 e. The Morgan fingerprint density at radius 3 is 2.55 bits per heavy atom. The number of nitrogens with two attached hydrogens (primary N) is 1. The van der Waals surface area contributed by atoms with Crippen molar-refractivity contribution in [3.63, 3.8) is 0 Å². The van der Waals surface area contributed by atoms with Gasteiger partial charge < -0.3 is 0 Å². The molecule has 0 amide bonds. The standard InChI is InChI=1S/C13H15F3N4/c1-8-11(7-18-20(8)2)12(19-17)9-4-3-5-10(6-9)13(14,15)16/h3-7,12,19H,17H2,1-2H3. The summed E-state index contributed by atoms with van der Waals surface area (Å²) in [6.45, 7) is 1.83. The summed E-state index contributed by atoms with van der Waals surface area (Å²) in [6.07, 6.45) is -2.78. The van der Waals surface area contributed by atoms with Gasteiger partial charge in [-0.2, -0.15) is 18.3 Å². The highest BCUT2D eigenvalue weighted by atomic mass is 19.4. The zero-order chi connectivity index (χ0) is 14.9. The molecule has 2 aromatic rings. The molecule has 0 spiro atoms. The van der Waals surface area contributed by atoms with E-state index in [4.69, 9.17) is 5.84 Å². The van der Waals surface area contributed by atoms with E-state index in [-0.39, 0.29) is 0 Å². The number of nitrogens with zero attached hydrogens (tertiary/aromatic N) is 2. The van der Waals surface area contributed by atoms with Crippen molar-refractivity contribution in [2.75, 3.05) is 0 Å². The monoisotopic (exact) mass is 284 g/mol. The molecule has 1 aromatic heterocycles. The maximum absolute atomic E-state index is 12.8. The van der Waals surface area contributed by atoms with Gasteiger partial charge in [-0.1, -0.05) is 12.1 Å². The molecule has 108 valence electrons. The first-order valence-corrected chi connectivity index (χ1v) is 5.96. The molecule has 7 heteroatoms. The third kappa shape index (κ3) is 2.68. The number of nitrogens with one attached hydrogen (secondary N) is 1. The molecule has 0 fully saturated rings. The fourth-order valence-electron chi connectivity index (χ4n) is 2.06. The molecule has 20 heavy (non-hydrogen) atoms. The van der Waals surface area contributed by atoms with E-state index in [0.29, 0.717) is 5.56 Å². The summed E-state index contributed by atoms with van der Waals surface area (Å²) in [6, 6.07) is 4.57. The number of halogens is 3. The predicted molar refractivity (Wildman–Crippen MR) is 68.6 cm³/mol. The second kappa shape index (κ2) is 5.26. The lowest BCUT2D eigenvalue weighted by atomic mass is 9.98. The van der Waals surface area contributed by atoms with Crippen molar-refractivity contribution in [1.82, 2.24) is 15.2 Å². The lowest BCUT2D eigenvalue weighted by Gasteiger charge is -2.18. The number of hydrazine groups is 1. The molecule has 1 aromatic carbocycles. The third-order valence-electron chi connectivity index (χ3n) is 3.30. The summed E-state index contributed by atoms with van der Waals surface area (Å²) in [5.74, 6) is 5.51. The summed E-state index contributed by atoms with van der Waals surface area (Å²) >= 11 is 0. The van der Waals surface area contributed by atoms with Crippen LogP contribution in [0.25, 0.3) is 0 Å². The van der Waals surface area contributed by atoms with E-state index in [9.17, 15) is 13.2 Å². The van der Waals surface area contributed by atoms with Crippen LogP contribution in [0.4, 0.5) is 13.2 Å². The SMILES string of the molecule is Cc1c(C(NN)c2cccc(C(F)(F)F)c2)cnn1C. The van der Waals surface area contributed by atoms with E-state index in [1.54, 1.807) is 24.0 Å². The fraction of sp³-hybridized carbons (Fsp3) is 0.308. The molecule has 1 atom stereocenters. The Morgan fingerprint density at radius 2 is 2.05 bits per heavy atom. The average molecular weight is 284 g/mol. The van der Waals surface area contributed by atoms with Gasteiger partial charge in [-0.3, -0.25) is 10.5 Å². The van der Waals surface area contributed by atoms with Gasteiger partial charge in [-0.15, -0.1) is 0 Å². The highest BCUT2D eigenvalue weighted by Gasteiger charge is 2.31. The van der Waals surface area contributed by atoms with Crippen LogP contribution in [0, 0.1) is 6.92 Å². The number of rotatable bonds is 3. The van der Waals surface area contributed by atoms with E-state index in [1.165, 1.54) is 6.07 Å². The van der Waals surface area contributed by atoms with Crippen LogP contribution in [0.15, 0.2) is 30.5 Å². The molecule has 0 radical (unpaired) electrons. The first-order valence-electron chi connectivity index (χ1n) is 5.96. The molecule has 0 saturated carbocycles. The number of hydrogen-bond acceptors (Lipinski definition) is 3. The fourth-order valence-corrected chi connectivity index (χ4v) is 2.06. The highest BCUT2D eigenvalue weighted by molar-refractivity contribution is 5.35. The van der Waals surface area contributed by atoms with Crippen molar-refractivity contribution in [2.45, 2.75) is 19.1 Å². The molecule has 1 unspecified atom stereocenters. The van der Waals surface area contributed by atoms with Crippen LogP contribution in [-0.2, 0) is 13.2 Å².